The van der Waals surface area contributed by atoms with Crippen molar-refractivity contribution in [3.63, 3.8) is 0 Å². The normalized spacial score (nSPS) is 11.1. The van der Waals surface area contributed by atoms with Gasteiger partial charge in [0.1, 0.15) is 5.03 Å². The van der Waals surface area contributed by atoms with Crippen molar-refractivity contribution in [2.24, 2.45) is 0 Å². The minimum absolute atomic E-state index is 1.12. The van der Waals surface area contributed by atoms with Crippen molar-refractivity contribution >= 4 is 17.3 Å². The maximum Gasteiger partial charge on any atom is 0.122 e. The van der Waals surface area contributed by atoms with E-state index >= 15 is 0 Å². The maximum atomic E-state index is 4.57. The zero-order valence-electron chi connectivity index (χ0n) is 8.96. The lowest BCUT2D eigenvalue weighted by molar-refractivity contribution is 0.857. The average molecular weight is 206 g/mol. The summed E-state index contributed by atoms with van der Waals surface area (Å²) in [5.41, 5.74) is 5.01. The first kappa shape index (κ1) is 9.59. The quantitative estimate of drug-likeness (QED) is 0.667. The van der Waals surface area contributed by atoms with Crippen LogP contribution < -0.4 is 0 Å². The second kappa shape index (κ2) is 3.31. The molecule has 0 N–H and O–H groups in total. The van der Waals surface area contributed by atoms with Crippen molar-refractivity contribution in [1.82, 2.24) is 9.61 Å². The predicted molar refractivity (Wildman–Crippen MR) is 61.2 cm³/mol. The highest BCUT2D eigenvalue weighted by molar-refractivity contribution is 7.98. The van der Waals surface area contributed by atoms with Crippen LogP contribution in [0.3, 0.4) is 0 Å². The van der Waals surface area contributed by atoms with Gasteiger partial charge in [-0.1, -0.05) is 6.07 Å². The van der Waals surface area contributed by atoms with Crippen LogP contribution in [-0.4, -0.2) is 15.9 Å². The van der Waals surface area contributed by atoms with Crippen LogP contribution in [0.5, 0.6) is 0 Å². The van der Waals surface area contributed by atoms with Crippen molar-refractivity contribution in [3.05, 3.63) is 29.0 Å². The van der Waals surface area contributed by atoms with Crippen LogP contribution in [-0.2, 0) is 0 Å². The Morgan fingerprint density at radius 1 is 1.21 bits per heavy atom. The maximum absolute atomic E-state index is 4.57. The fourth-order valence-electron chi connectivity index (χ4n) is 1.62. The lowest BCUT2D eigenvalue weighted by Crippen LogP contribution is -1.95. The van der Waals surface area contributed by atoms with Gasteiger partial charge in [-0.15, -0.1) is 11.8 Å². The fraction of sp³-hybridized carbons (Fsp3) is 0.364. The Morgan fingerprint density at radius 2 is 1.93 bits per heavy atom. The van der Waals surface area contributed by atoms with Gasteiger partial charge in [0.15, 0.2) is 0 Å². The highest BCUT2D eigenvalue weighted by atomic mass is 32.2. The Hall–Kier alpha value is -0.960. The monoisotopic (exact) mass is 206 g/mol. The van der Waals surface area contributed by atoms with E-state index in [-0.39, 0.29) is 0 Å². The second-order valence-electron chi connectivity index (χ2n) is 3.53. The summed E-state index contributed by atoms with van der Waals surface area (Å²) in [6, 6.07) is 4.30. The van der Waals surface area contributed by atoms with Gasteiger partial charge < -0.3 is 0 Å². The molecular weight excluding hydrogens is 192 g/mol. The van der Waals surface area contributed by atoms with E-state index in [0.717, 1.165) is 5.03 Å². The van der Waals surface area contributed by atoms with Gasteiger partial charge in [-0.3, -0.25) is 0 Å². The first-order chi connectivity index (χ1) is 6.65. The van der Waals surface area contributed by atoms with Crippen molar-refractivity contribution < 1.29 is 0 Å². The van der Waals surface area contributed by atoms with E-state index in [9.17, 15) is 0 Å². The molecule has 2 heterocycles. The molecule has 0 aliphatic carbocycles. The molecule has 74 valence electrons. The molecule has 0 amide bonds. The van der Waals surface area contributed by atoms with Crippen LogP contribution in [0.15, 0.2) is 17.2 Å². The molecule has 3 heteroatoms. The van der Waals surface area contributed by atoms with Crippen LogP contribution >= 0.6 is 11.8 Å². The molecule has 2 aromatic heterocycles. The van der Waals surface area contributed by atoms with Gasteiger partial charge >= 0.3 is 0 Å². The number of fused-ring (bicyclic) bond motifs is 1. The molecule has 0 saturated carbocycles. The van der Waals surface area contributed by atoms with E-state index in [1.165, 1.54) is 22.3 Å². The summed E-state index contributed by atoms with van der Waals surface area (Å²) in [6.45, 7) is 6.35. The standard InChI is InChI=1S/C11H14N2S/c1-7-5-6-10-8(2)11(14-4)12-13(10)9(7)3/h5-6H,1-4H3. The second-order valence-corrected chi connectivity index (χ2v) is 4.33. The molecule has 2 nitrogen and oxygen atoms in total. The van der Waals surface area contributed by atoms with Crippen molar-refractivity contribution in [2.45, 2.75) is 25.8 Å². The van der Waals surface area contributed by atoms with E-state index in [1.807, 2.05) is 4.52 Å². The number of aryl methyl sites for hydroxylation is 3. The average Bonchev–Trinajstić information content (AvgIpc) is 2.50. The minimum Gasteiger partial charge on any atom is -0.236 e. The van der Waals surface area contributed by atoms with Crippen molar-refractivity contribution in [3.8, 4) is 0 Å². The molecule has 0 saturated heterocycles. The number of hydrogen-bond donors (Lipinski definition) is 0. The fourth-order valence-corrected chi connectivity index (χ4v) is 2.20. The molecule has 2 rings (SSSR count). The van der Waals surface area contributed by atoms with Gasteiger partial charge in [-0.05, 0) is 38.7 Å². The molecule has 0 spiro atoms. The summed E-state index contributed by atoms with van der Waals surface area (Å²) in [5, 5.41) is 5.69. The van der Waals surface area contributed by atoms with E-state index in [2.05, 4.69) is 44.3 Å². The summed E-state index contributed by atoms with van der Waals surface area (Å²) in [7, 11) is 0. The Kier molecular flexibility index (Phi) is 2.27. The summed E-state index contributed by atoms with van der Waals surface area (Å²) in [6.07, 6.45) is 2.07. The van der Waals surface area contributed by atoms with E-state index in [1.54, 1.807) is 11.8 Å². The van der Waals surface area contributed by atoms with Crippen molar-refractivity contribution in [1.29, 1.82) is 0 Å². The van der Waals surface area contributed by atoms with Crippen LogP contribution in [0.1, 0.15) is 16.8 Å². The van der Waals surface area contributed by atoms with Crippen LogP contribution in [0, 0.1) is 20.8 Å². The van der Waals surface area contributed by atoms with Crippen LogP contribution in [0.4, 0.5) is 0 Å². The van der Waals surface area contributed by atoms with Crippen LogP contribution in [0.25, 0.3) is 5.52 Å². The predicted octanol–water partition coefficient (Wildman–Crippen LogP) is 2.98. The number of aromatic nitrogens is 2. The molecule has 0 aromatic carbocycles. The van der Waals surface area contributed by atoms with E-state index in [0.29, 0.717) is 0 Å². The lowest BCUT2D eigenvalue weighted by atomic mass is 10.2. The number of rotatable bonds is 1. The Bertz CT molecular complexity index is 485. The summed E-state index contributed by atoms with van der Waals surface area (Å²) >= 11 is 1.70. The highest BCUT2D eigenvalue weighted by Crippen LogP contribution is 2.24. The van der Waals surface area contributed by atoms with Gasteiger partial charge in [0.05, 0.1) is 5.52 Å². The SMILES string of the molecule is CSc1nn2c(C)c(C)ccc2c1C. The molecule has 0 unspecified atom stereocenters. The van der Waals surface area contributed by atoms with E-state index < -0.39 is 0 Å². The first-order valence-electron chi connectivity index (χ1n) is 4.64. The van der Waals surface area contributed by atoms with Gasteiger partial charge in [-0.25, -0.2) is 4.52 Å². The lowest BCUT2D eigenvalue weighted by Gasteiger charge is -2.02. The molecule has 0 aliphatic heterocycles. The zero-order chi connectivity index (χ0) is 10.3. The molecule has 0 aliphatic rings. The third-order valence-electron chi connectivity index (χ3n) is 2.70. The van der Waals surface area contributed by atoms with Gasteiger partial charge in [-0.2, -0.15) is 5.10 Å². The van der Waals surface area contributed by atoms with Crippen molar-refractivity contribution in [2.75, 3.05) is 6.26 Å². The topological polar surface area (TPSA) is 17.3 Å². The van der Waals surface area contributed by atoms with Gasteiger partial charge in [0, 0.05) is 11.3 Å². The Labute approximate surface area is 88.3 Å². The third kappa shape index (κ3) is 1.23. The smallest absolute Gasteiger partial charge is 0.122 e. The summed E-state index contributed by atoms with van der Waals surface area (Å²) in [4.78, 5) is 0. The largest absolute Gasteiger partial charge is 0.236 e. The van der Waals surface area contributed by atoms with Gasteiger partial charge in [0.2, 0.25) is 0 Å². The zero-order valence-corrected chi connectivity index (χ0v) is 9.77. The third-order valence-corrected chi connectivity index (χ3v) is 3.47. The molecule has 2 aromatic rings. The first-order valence-corrected chi connectivity index (χ1v) is 5.87. The number of thioether (sulfide) groups is 1. The molecule has 0 bridgehead atoms. The number of nitrogens with zero attached hydrogens (tertiary/aromatic N) is 2. The number of hydrogen-bond acceptors (Lipinski definition) is 2. The Morgan fingerprint density at radius 3 is 2.57 bits per heavy atom. The summed E-state index contributed by atoms with van der Waals surface area (Å²) in [5.74, 6) is 0. The Balaban J connectivity index is 2.85. The highest BCUT2D eigenvalue weighted by Gasteiger charge is 2.09. The van der Waals surface area contributed by atoms with Crippen LogP contribution in [0.2, 0.25) is 0 Å². The molecule has 0 radical (unpaired) electrons. The minimum atomic E-state index is 1.12. The van der Waals surface area contributed by atoms with Gasteiger partial charge in [0.25, 0.3) is 0 Å². The molecule has 14 heavy (non-hydrogen) atoms. The molecule has 0 fully saturated rings. The number of pyridine rings is 1. The molecule has 0 atom stereocenters. The van der Waals surface area contributed by atoms with E-state index in [4.69, 9.17) is 0 Å². The summed E-state index contributed by atoms with van der Waals surface area (Å²) < 4.78 is 2.04. The molecular formula is C11H14N2S.